The Labute approximate surface area is 257 Å². The number of hydrogen-bond donors (Lipinski definition) is 2. The molecule has 0 fully saturated rings. The number of nitrogens with one attached hydrogen (secondary N) is 1. The van der Waals surface area contributed by atoms with E-state index in [2.05, 4.69) is 48.0 Å². The zero-order chi connectivity index (χ0) is 30.8. The van der Waals surface area contributed by atoms with Gasteiger partial charge in [0, 0.05) is 34.8 Å². The number of carbonyl (C=O) groups excluding carboxylic acids is 1. The summed E-state index contributed by atoms with van der Waals surface area (Å²) in [5, 5.41) is 12.4. The maximum Gasteiger partial charge on any atom is 0.326 e. The Morgan fingerprint density at radius 2 is 1.60 bits per heavy atom. The van der Waals surface area contributed by atoms with E-state index in [1.165, 1.54) is 37.0 Å². The molecule has 0 spiro atoms. The van der Waals surface area contributed by atoms with Crippen LogP contribution in [0.1, 0.15) is 79.9 Å². The van der Waals surface area contributed by atoms with Gasteiger partial charge >= 0.3 is 5.97 Å². The molecule has 4 rings (SSSR count). The molecule has 0 saturated heterocycles. The lowest BCUT2D eigenvalue weighted by Gasteiger charge is -2.16. The van der Waals surface area contributed by atoms with Gasteiger partial charge in [-0.2, -0.15) is 0 Å². The van der Waals surface area contributed by atoms with Crippen molar-refractivity contribution >= 4 is 23.2 Å². The van der Waals surface area contributed by atoms with Gasteiger partial charge in [-0.1, -0.05) is 77.6 Å². The molecule has 43 heavy (non-hydrogen) atoms. The van der Waals surface area contributed by atoms with Crippen LogP contribution in [0.2, 0.25) is 0 Å². The second kappa shape index (κ2) is 14.9. The fourth-order valence-electron chi connectivity index (χ4n) is 4.46. The normalized spacial score (nSPS) is 12.1. The van der Waals surface area contributed by atoms with Gasteiger partial charge in [-0.05, 0) is 41.7 Å². The number of carbonyl (C=O) groups is 2. The van der Waals surface area contributed by atoms with E-state index >= 15 is 0 Å². The predicted octanol–water partition coefficient (Wildman–Crippen LogP) is 7.34. The van der Waals surface area contributed by atoms with Crippen LogP contribution in [0.3, 0.4) is 0 Å². The van der Waals surface area contributed by atoms with Gasteiger partial charge in [0.2, 0.25) is 0 Å². The second-order valence-corrected chi connectivity index (χ2v) is 12.7. The van der Waals surface area contributed by atoms with Crippen molar-refractivity contribution in [1.82, 2.24) is 20.3 Å². The molecule has 3 aromatic heterocycles. The van der Waals surface area contributed by atoms with Crippen LogP contribution in [-0.2, 0) is 16.6 Å². The van der Waals surface area contributed by atoms with E-state index in [-0.39, 0.29) is 17.7 Å². The molecular weight excluding hydrogens is 560 g/mol. The Morgan fingerprint density at radius 1 is 0.884 bits per heavy atom. The second-order valence-electron chi connectivity index (χ2n) is 11.6. The van der Waals surface area contributed by atoms with Gasteiger partial charge in [-0.25, -0.2) is 14.8 Å². The van der Waals surface area contributed by atoms with Crippen molar-refractivity contribution in [3.63, 3.8) is 0 Å². The van der Waals surface area contributed by atoms with Crippen molar-refractivity contribution in [2.24, 2.45) is 0 Å². The number of carboxylic acid groups (broad SMARTS) is 1. The quantitative estimate of drug-likeness (QED) is 0.146. The van der Waals surface area contributed by atoms with Crippen molar-refractivity contribution in [3.05, 3.63) is 82.4 Å². The van der Waals surface area contributed by atoms with Crippen LogP contribution in [0.15, 0.2) is 67.1 Å². The monoisotopic (exact) mass is 600 g/mol. The number of amides is 1. The Kier molecular flexibility index (Phi) is 11.0. The van der Waals surface area contributed by atoms with Gasteiger partial charge < -0.3 is 15.2 Å². The van der Waals surface area contributed by atoms with Crippen LogP contribution in [0.4, 0.5) is 0 Å². The van der Waals surface area contributed by atoms with Crippen molar-refractivity contribution in [2.75, 3.05) is 6.61 Å². The van der Waals surface area contributed by atoms with E-state index in [1.807, 2.05) is 42.5 Å². The highest BCUT2D eigenvalue weighted by Crippen LogP contribution is 2.29. The first-order valence-corrected chi connectivity index (χ1v) is 15.6. The van der Waals surface area contributed by atoms with Crippen LogP contribution in [-0.4, -0.2) is 44.6 Å². The number of ether oxygens (including phenoxy) is 1. The van der Waals surface area contributed by atoms with Crippen LogP contribution in [0.5, 0.6) is 5.75 Å². The van der Waals surface area contributed by atoms with Gasteiger partial charge in [0.1, 0.15) is 11.8 Å². The molecule has 3 heterocycles. The summed E-state index contributed by atoms with van der Waals surface area (Å²) in [6.07, 6.45) is 11.3. The average molecular weight is 601 g/mol. The lowest BCUT2D eigenvalue weighted by atomic mass is 9.95. The summed E-state index contributed by atoms with van der Waals surface area (Å²) in [6.45, 7) is 9.13. The number of benzene rings is 1. The fraction of sp³-hybridized carbons (Fsp3) is 0.382. The van der Waals surface area contributed by atoms with E-state index in [0.29, 0.717) is 17.3 Å². The van der Waals surface area contributed by atoms with Crippen LogP contribution >= 0.6 is 11.3 Å². The number of hydrogen-bond acceptors (Lipinski definition) is 7. The molecule has 0 aliphatic heterocycles. The summed E-state index contributed by atoms with van der Waals surface area (Å²) in [5.41, 5.74) is 3.06. The van der Waals surface area contributed by atoms with E-state index in [0.717, 1.165) is 39.4 Å². The van der Waals surface area contributed by atoms with Crippen molar-refractivity contribution in [3.8, 4) is 28.4 Å². The minimum atomic E-state index is -1.08. The number of thiophene rings is 1. The van der Waals surface area contributed by atoms with Gasteiger partial charge in [0.25, 0.3) is 5.91 Å². The molecule has 226 valence electrons. The third-order valence-electron chi connectivity index (χ3n) is 7.02. The molecule has 8 nitrogen and oxygen atoms in total. The Hall–Kier alpha value is -4.11. The molecule has 1 atom stereocenters. The molecule has 9 heteroatoms. The lowest BCUT2D eigenvalue weighted by molar-refractivity contribution is -0.139. The first-order valence-electron chi connectivity index (χ1n) is 14.8. The van der Waals surface area contributed by atoms with Gasteiger partial charge in [0.05, 0.1) is 23.4 Å². The maximum absolute atomic E-state index is 12.8. The van der Waals surface area contributed by atoms with E-state index in [9.17, 15) is 14.7 Å². The Bertz CT molecular complexity index is 1480. The highest BCUT2D eigenvalue weighted by Gasteiger charge is 2.24. The van der Waals surface area contributed by atoms with E-state index in [1.54, 1.807) is 24.7 Å². The van der Waals surface area contributed by atoms with Crippen molar-refractivity contribution in [2.45, 2.75) is 77.7 Å². The summed E-state index contributed by atoms with van der Waals surface area (Å²) in [5.74, 6) is -0.163. The summed E-state index contributed by atoms with van der Waals surface area (Å²) in [4.78, 5) is 39.8. The number of carboxylic acids is 1. The molecule has 0 aliphatic carbocycles. The number of aromatic nitrogens is 3. The number of rotatable bonds is 14. The number of unbranched alkanes of at least 4 members (excludes halogenated alkanes) is 4. The highest BCUT2D eigenvalue weighted by molar-refractivity contribution is 7.14. The molecule has 2 N–H and O–H groups in total. The SMILES string of the molecule is CCCCCCCOc1ccc(-c2cnc(-c3ccc(CC(NC(=O)c4ccc(C(C)(C)C)s4)C(=O)O)cc3)nc2)nc1. The molecule has 1 amide bonds. The summed E-state index contributed by atoms with van der Waals surface area (Å²) in [7, 11) is 0. The zero-order valence-corrected chi connectivity index (χ0v) is 26.1. The van der Waals surface area contributed by atoms with Gasteiger partial charge in [-0.3, -0.25) is 9.78 Å². The van der Waals surface area contributed by atoms with Crippen LogP contribution < -0.4 is 10.1 Å². The average Bonchev–Trinajstić information content (AvgIpc) is 3.51. The standard InChI is InChI=1S/C34H40N4O4S/c1-5-6-7-8-9-18-42-26-14-15-27(35-22-26)25-20-36-31(37-21-25)24-12-10-23(11-13-24)19-28(33(40)41)38-32(39)29-16-17-30(43-29)34(2,3)4/h10-17,20-22,28H,5-9,18-19H2,1-4H3,(H,38,39)(H,40,41). The van der Waals surface area contributed by atoms with E-state index in [4.69, 9.17) is 4.74 Å². The minimum Gasteiger partial charge on any atom is -0.492 e. The minimum absolute atomic E-state index is 0.0776. The lowest BCUT2D eigenvalue weighted by Crippen LogP contribution is -2.42. The van der Waals surface area contributed by atoms with E-state index < -0.39 is 12.0 Å². The number of pyridine rings is 1. The number of aliphatic carboxylic acids is 1. The maximum atomic E-state index is 12.8. The molecule has 4 aromatic rings. The zero-order valence-electron chi connectivity index (χ0n) is 25.3. The third kappa shape index (κ3) is 9.19. The first-order chi connectivity index (χ1) is 20.6. The largest absolute Gasteiger partial charge is 0.492 e. The topological polar surface area (TPSA) is 114 Å². The molecule has 1 aromatic carbocycles. The summed E-state index contributed by atoms with van der Waals surface area (Å²) >= 11 is 1.38. The summed E-state index contributed by atoms with van der Waals surface area (Å²) in [6, 6.07) is 13.8. The molecule has 1 unspecified atom stereocenters. The molecular formula is C34H40N4O4S. The first kappa shape index (κ1) is 31.8. The smallest absolute Gasteiger partial charge is 0.326 e. The summed E-state index contributed by atoms with van der Waals surface area (Å²) < 4.78 is 5.81. The Morgan fingerprint density at radius 3 is 2.21 bits per heavy atom. The molecule has 0 bridgehead atoms. The third-order valence-corrected chi connectivity index (χ3v) is 8.53. The molecule has 0 radical (unpaired) electrons. The van der Waals surface area contributed by atoms with Crippen molar-refractivity contribution in [1.29, 1.82) is 0 Å². The highest BCUT2D eigenvalue weighted by atomic mass is 32.1. The van der Waals surface area contributed by atoms with Crippen LogP contribution in [0, 0.1) is 0 Å². The Balaban J connectivity index is 1.32. The van der Waals surface area contributed by atoms with Crippen LogP contribution in [0.25, 0.3) is 22.6 Å². The number of nitrogens with zero attached hydrogens (tertiary/aromatic N) is 3. The molecule has 0 saturated carbocycles. The van der Waals surface area contributed by atoms with Gasteiger partial charge in [0.15, 0.2) is 5.82 Å². The van der Waals surface area contributed by atoms with Gasteiger partial charge in [-0.15, -0.1) is 11.3 Å². The fourth-order valence-corrected chi connectivity index (χ4v) is 5.43. The predicted molar refractivity (Wildman–Crippen MR) is 171 cm³/mol. The van der Waals surface area contributed by atoms with Crippen molar-refractivity contribution < 1.29 is 19.4 Å². The molecule has 0 aliphatic rings.